The van der Waals surface area contributed by atoms with Gasteiger partial charge in [-0.3, -0.25) is 0 Å². The Morgan fingerprint density at radius 1 is 0.882 bits per heavy atom. The van der Waals surface area contributed by atoms with E-state index >= 15 is 0 Å². The van der Waals surface area contributed by atoms with Gasteiger partial charge in [-0.05, 0) is 44.9 Å². The standard InChI is InChI=1S/C14H22O2S/c1-14(6-4-11-12(15-11)5-7-14)17-9-2-3-10-13(8-9)16-10/h9-13H,2-8H2,1H3. The number of ether oxygens (including phenoxy) is 2. The summed E-state index contributed by atoms with van der Waals surface area (Å²) in [6.45, 7) is 2.49. The molecule has 5 atom stereocenters. The molecule has 0 radical (unpaired) electrons. The first-order valence-corrected chi connectivity index (χ1v) is 8.09. The molecule has 0 spiro atoms. The minimum atomic E-state index is 0.517. The molecular formula is C14H22O2S. The second kappa shape index (κ2) is 3.88. The van der Waals surface area contributed by atoms with Crippen LogP contribution in [0.3, 0.4) is 0 Å². The highest BCUT2D eigenvalue weighted by Gasteiger charge is 2.48. The molecule has 4 fully saturated rings. The lowest BCUT2D eigenvalue weighted by atomic mass is 10.00. The number of hydrogen-bond acceptors (Lipinski definition) is 3. The number of epoxide rings is 2. The molecule has 0 N–H and O–H groups in total. The SMILES string of the molecule is CC1(SC2CCC3OC3C2)CCC2OC2CC1. The highest BCUT2D eigenvalue weighted by molar-refractivity contribution is 8.01. The van der Waals surface area contributed by atoms with Crippen molar-refractivity contribution in [2.75, 3.05) is 0 Å². The Hall–Kier alpha value is 0.270. The van der Waals surface area contributed by atoms with Crippen molar-refractivity contribution < 1.29 is 9.47 Å². The highest BCUT2D eigenvalue weighted by atomic mass is 32.2. The van der Waals surface area contributed by atoms with Crippen LogP contribution in [-0.4, -0.2) is 34.4 Å². The zero-order chi connectivity index (χ0) is 11.5. The van der Waals surface area contributed by atoms with E-state index in [1.807, 2.05) is 0 Å². The second-order valence-electron chi connectivity index (χ2n) is 6.51. The molecule has 0 aromatic heterocycles. The third kappa shape index (κ3) is 2.26. The van der Waals surface area contributed by atoms with Gasteiger partial charge in [0.1, 0.15) is 0 Å². The van der Waals surface area contributed by atoms with E-state index in [-0.39, 0.29) is 0 Å². The molecule has 5 unspecified atom stereocenters. The number of thioether (sulfide) groups is 1. The van der Waals surface area contributed by atoms with Crippen LogP contribution in [0.2, 0.25) is 0 Å². The van der Waals surface area contributed by atoms with E-state index in [2.05, 4.69) is 18.7 Å². The molecule has 2 nitrogen and oxygen atoms in total. The van der Waals surface area contributed by atoms with Crippen molar-refractivity contribution in [3.05, 3.63) is 0 Å². The van der Waals surface area contributed by atoms with Gasteiger partial charge in [-0.15, -0.1) is 0 Å². The summed E-state index contributed by atoms with van der Waals surface area (Å²) in [7, 11) is 0. The molecule has 2 aliphatic heterocycles. The Labute approximate surface area is 108 Å². The van der Waals surface area contributed by atoms with E-state index in [0.717, 1.165) is 5.25 Å². The van der Waals surface area contributed by atoms with Gasteiger partial charge in [0.2, 0.25) is 0 Å². The number of fused-ring (bicyclic) bond motifs is 2. The van der Waals surface area contributed by atoms with Crippen LogP contribution in [-0.2, 0) is 9.47 Å². The second-order valence-corrected chi connectivity index (χ2v) is 8.39. The van der Waals surface area contributed by atoms with Crippen molar-refractivity contribution in [2.24, 2.45) is 0 Å². The van der Waals surface area contributed by atoms with Crippen LogP contribution in [0.15, 0.2) is 0 Å². The predicted molar refractivity (Wildman–Crippen MR) is 69.4 cm³/mol. The molecule has 2 saturated carbocycles. The Kier molecular flexibility index (Phi) is 2.54. The van der Waals surface area contributed by atoms with Crippen molar-refractivity contribution in [3.8, 4) is 0 Å². The minimum absolute atomic E-state index is 0.517. The van der Waals surface area contributed by atoms with Crippen LogP contribution in [0, 0.1) is 0 Å². The van der Waals surface area contributed by atoms with Gasteiger partial charge in [0, 0.05) is 10.00 Å². The van der Waals surface area contributed by atoms with Crippen LogP contribution in [0.4, 0.5) is 0 Å². The lowest BCUT2D eigenvalue weighted by Gasteiger charge is -2.33. The largest absolute Gasteiger partial charge is 0.370 e. The molecule has 2 heterocycles. The zero-order valence-electron chi connectivity index (χ0n) is 10.6. The van der Waals surface area contributed by atoms with Crippen LogP contribution < -0.4 is 0 Å². The van der Waals surface area contributed by atoms with Crippen molar-refractivity contribution in [1.29, 1.82) is 0 Å². The summed E-state index contributed by atoms with van der Waals surface area (Å²) in [5.41, 5.74) is 0. The van der Waals surface area contributed by atoms with Gasteiger partial charge in [-0.1, -0.05) is 6.92 Å². The molecule has 0 amide bonds. The third-order valence-electron chi connectivity index (χ3n) is 5.01. The molecule has 17 heavy (non-hydrogen) atoms. The summed E-state index contributed by atoms with van der Waals surface area (Å²) in [5.74, 6) is 0. The number of hydrogen-bond donors (Lipinski definition) is 0. The fraction of sp³-hybridized carbons (Fsp3) is 1.00. The zero-order valence-corrected chi connectivity index (χ0v) is 11.4. The van der Waals surface area contributed by atoms with Crippen LogP contribution in [0.5, 0.6) is 0 Å². The first-order chi connectivity index (χ1) is 8.22. The van der Waals surface area contributed by atoms with Crippen molar-refractivity contribution >= 4 is 11.8 Å². The fourth-order valence-corrected chi connectivity index (χ4v) is 5.52. The van der Waals surface area contributed by atoms with Gasteiger partial charge < -0.3 is 9.47 Å². The van der Waals surface area contributed by atoms with Crippen LogP contribution >= 0.6 is 11.8 Å². The average molecular weight is 254 g/mol. The van der Waals surface area contributed by atoms with Gasteiger partial charge in [-0.25, -0.2) is 0 Å². The summed E-state index contributed by atoms with van der Waals surface area (Å²) in [4.78, 5) is 0. The molecule has 4 rings (SSSR count). The summed E-state index contributed by atoms with van der Waals surface area (Å²) in [6, 6.07) is 0. The quantitative estimate of drug-likeness (QED) is 0.708. The first kappa shape index (κ1) is 11.1. The van der Waals surface area contributed by atoms with Gasteiger partial charge in [-0.2, -0.15) is 11.8 Å². The van der Waals surface area contributed by atoms with E-state index in [1.54, 1.807) is 0 Å². The summed E-state index contributed by atoms with van der Waals surface area (Å²) in [6.07, 6.45) is 11.8. The van der Waals surface area contributed by atoms with E-state index in [0.29, 0.717) is 29.2 Å². The van der Waals surface area contributed by atoms with E-state index in [4.69, 9.17) is 9.47 Å². The fourth-order valence-electron chi connectivity index (χ4n) is 3.70. The molecule has 2 aliphatic carbocycles. The smallest absolute Gasteiger partial charge is 0.0852 e. The Bertz CT molecular complexity index is 307. The normalized spacial score (nSPS) is 56.6. The molecule has 4 aliphatic rings. The average Bonchev–Trinajstić information content (AvgIpc) is 3.15. The van der Waals surface area contributed by atoms with Crippen molar-refractivity contribution in [2.45, 2.75) is 86.3 Å². The predicted octanol–water partition coefficient (Wildman–Crippen LogP) is 3.14. The molecule has 0 bridgehead atoms. The van der Waals surface area contributed by atoms with Crippen LogP contribution in [0.25, 0.3) is 0 Å². The Balaban J connectivity index is 1.36. The molecule has 2 saturated heterocycles. The highest BCUT2D eigenvalue weighted by Crippen LogP contribution is 2.50. The topological polar surface area (TPSA) is 25.1 Å². The maximum atomic E-state index is 5.65. The molecular weight excluding hydrogens is 232 g/mol. The molecule has 96 valence electrons. The van der Waals surface area contributed by atoms with Gasteiger partial charge in [0.25, 0.3) is 0 Å². The van der Waals surface area contributed by atoms with E-state index in [9.17, 15) is 0 Å². The molecule has 3 heteroatoms. The lowest BCUT2D eigenvalue weighted by molar-refractivity contribution is 0.320. The summed E-state index contributed by atoms with van der Waals surface area (Å²) >= 11 is 2.27. The number of rotatable bonds is 2. The monoisotopic (exact) mass is 254 g/mol. The molecule has 0 aromatic rings. The maximum absolute atomic E-state index is 5.65. The Morgan fingerprint density at radius 2 is 1.53 bits per heavy atom. The third-order valence-corrected chi connectivity index (χ3v) is 6.75. The Morgan fingerprint density at radius 3 is 2.24 bits per heavy atom. The van der Waals surface area contributed by atoms with Crippen LogP contribution in [0.1, 0.15) is 51.9 Å². The van der Waals surface area contributed by atoms with Gasteiger partial charge in [0.15, 0.2) is 0 Å². The van der Waals surface area contributed by atoms with Gasteiger partial charge in [0.05, 0.1) is 24.4 Å². The van der Waals surface area contributed by atoms with Crippen molar-refractivity contribution in [1.82, 2.24) is 0 Å². The lowest BCUT2D eigenvalue weighted by Crippen LogP contribution is -2.27. The van der Waals surface area contributed by atoms with E-state index < -0.39 is 0 Å². The molecule has 0 aromatic carbocycles. The maximum Gasteiger partial charge on any atom is 0.0852 e. The summed E-state index contributed by atoms with van der Waals surface area (Å²) < 4.78 is 11.8. The summed E-state index contributed by atoms with van der Waals surface area (Å²) in [5, 5.41) is 0.860. The van der Waals surface area contributed by atoms with Gasteiger partial charge >= 0.3 is 0 Å². The van der Waals surface area contributed by atoms with E-state index in [1.165, 1.54) is 44.9 Å². The minimum Gasteiger partial charge on any atom is -0.370 e. The van der Waals surface area contributed by atoms with Crippen molar-refractivity contribution in [3.63, 3.8) is 0 Å². The first-order valence-electron chi connectivity index (χ1n) is 7.21.